The third-order valence-electron chi connectivity index (χ3n) is 3.82. The predicted octanol–water partition coefficient (Wildman–Crippen LogP) is 4.15. The molecule has 1 atom stereocenters. The van der Waals surface area contributed by atoms with E-state index in [9.17, 15) is 0 Å². The number of nitrogens with zero attached hydrogens (tertiary/aromatic N) is 1. The SMILES string of the molecule is N#Cc1cccc(COC2CCCc3ccccc32)c1. The van der Waals surface area contributed by atoms with E-state index in [1.54, 1.807) is 0 Å². The number of nitriles is 1. The minimum Gasteiger partial charge on any atom is -0.369 e. The minimum absolute atomic E-state index is 0.186. The number of aryl methyl sites for hydroxylation is 1. The van der Waals surface area contributed by atoms with Crippen LogP contribution in [0.1, 0.15) is 41.2 Å². The quantitative estimate of drug-likeness (QED) is 0.833. The van der Waals surface area contributed by atoms with Gasteiger partial charge < -0.3 is 4.74 Å². The molecule has 1 aliphatic carbocycles. The van der Waals surface area contributed by atoms with Gasteiger partial charge in [0.05, 0.1) is 24.3 Å². The molecule has 0 heterocycles. The van der Waals surface area contributed by atoms with Crippen LogP contribution >= 0.6 is 0 Å². The summed E-state index contributed by atoms with van der Waals surface area (Å²) in [7, 11) is 0. The molecule has 2 nitrogen and oxygen atoms in total. The molecule has 0 radical (unpaired) electrons. The summed E-state index contributed by atoms with van der Waals surface area (Å²) in [6, 6.07) is 18.3. The average molecular weight is 263 g/mol. The van der Waals surface area contributed by atoms with Crippen molar-refractivity contribution in [3.05, 3.63) is 70.8 Å². The van der Waals surface area contributed by atoms with Crippen LogP contribution in [0.2, 0.25) is 0 Å². The van der Waals surface area contributed by atoms with Gasteiger partial charge in [-0.05, 0) is 48.1 Å². The lowest BCUT2D eigenvalue weighted by molar-refractivity contribution is 0.0282. The number of hydrogen-bond acceptors (Lipinski definition) is 2. The molecule has 0 spiro atoms. The van der Waals surface area contributed by atoms with Crippen LogP contribution in [-0.2, 0) is 17.8 Å². The van der Waals surface area contributed by atoms with Crippen LogP contribution < -0.4 is 0 Å². The van der Waals surface area contributed by atoms with E-state index in [-0.39, 0.29) is 6.10 Å². The van der Waals surface area contributed by atoms with Crippen molar-refractivity contribution >= 4 is 0 Å². The van der Waals surface area contributed by atoms with Crippen molar-refractivity contribution in [2.45, 2.75) is 32.0 Å². The first-order valence-corrected chi connectivity index (χ1v) is 7.05. The van der Waals surface area contributed by atoms with Gasteiger partial charge in [0.15, 0.2) is 0 Å². The summed E-state index contributed by atoms with van der Waals surface area (Å²) >= 11 is 0. The Morgan fingerprint density at radius 2 is 2.05 bits per heavy atom. The second-order valence-corrected chi connectivity index (χ2v) is 5.20. The molecule has 0 bridgehead atoms. The van der Waals surface area contributed by atoms with Gasteiger partial charge in [-0.1, -0.05) is 36.4 Å². The van der Waals surface area contributed by atoms with Gasteiger partial charge in [0.2, 0.25) is 0 Å². The number of hydrogen-bond donors (Lipinski definition) is 0. The number of rotatable bonds is 3. The van der Waals surface area contributed by atoms with Gasteiger partial charge in [-0.15, -0.1) is 0 Å². The predicted molar refractivity (Wildman–Crippen MR) is 78.1 cm³/mol. The highest BCUT2D eigenvalue weighted by molar-refractivity contribution is 5.33. The zero-order valence-electron chi connectivity index (χ0n) is 11.4. The molecule has 0 amide bonds. The van der Waals surface area contributed by atoms with Gasteiger partial charge in [-0.3, -0.25) is 0 Å². The molecule has 0 N–H and O–H groups in total. The lowest BCUT2D eigenvalue weighted by Crippen LogP contribution is -2.12. The Bertz CT molecular complexity index is 642. The Morgan fingerprint density at radius 3 is 2.95 bits per heavy atom. The highest BCUT2D eigenvalue weighted by Gasteiger charge is 2.20. The van der Waals surface area contributed by atoms with Crippen LogP contribution in [0.15, 0.2) is 48.5 Å². The molecule has 0 fully saturated rings. The summed E-state index contributed by atoms with van der Waals surface area (Å²) in [6.45, 7) is 0.564. The summed E-state index contributed by atoms with van der Waals surface area (Å²) in [5.74, 6) is 0. The number of benzene rings is 2. The maximum absolute atomic E-state index is 8.92. The third-order valence-corrected chi connectivity index (χ3v) is 3.82. The monoisotopic (exact) mass is 263 g/mol. The van der Waals surface area contributed by atoms with Crippen LogP contribution in [0.3, 0.4) is 0 Å². The molecular weight excluding hydrogens is 246 g/mol. The van der Waals surface area contributed by atoms with Crippen molar-refractivity contribution in [3.8, 4) is 6.07 Å². The first kappa shape index (κ1) is 12.9. The highest BCUT2D eigenvalue weighted by Crippen LogP contribution is 2.32. The topological polar surface area (TPSA) is 33.0 Å². The summed E-state index contributed by atoms with van der Waals surface area (Å²) in [6.07, 6.45) is 3.60. The Balaban J connectivity index is 1.72. The van der Waals surface area contributed by atoms with Crippen molar-refractivity contribution in [1.82, 2.24) is 0 Å². The summed E-state index contributed by atoms with van der Waals surface area (Å²) in [5.41, 5.74) is 4.49. The summed E-state index contributed by atoms with van der Waals surface area (Å²) in [5, 5.41) is 8.92. The van der Waals surface area contributed by atoms with Crippen molar-refractivity contribution in [3.63, 3.8) is 0 Å². The molecule has 3 rings (SSSR count). The van der Waals surface area contributed by atoms with E-state index in [0.717, 1.165) is 18.4 Å². The van der Waals surface area contributed by atoms with E-state index >= 15 is 0 Å². The van der Waals surface area contributed by atoms with Gasteiger partial charge in [0.1, 0.15) is 0 Å². The Labute approximate surface area is 119 Å². The van der Waals surface area contributed by atoms with Crippen molar-refractivity contribution in [2.75, 3.05) is 0 Å². The molecule has 100 valence electrons. The van der Waals surface area contributed by atoms with E-state index in [2.05, 4.69) is 30.3 Å². The summed E-state index contributed by atoms with van der Waals surface area (Å²) in [4.78, 5) is 0. The molecule has 2 aromatic carbocycles. The smallest absolute Gasteiger partial charge is 0.0991 e. The van der Waals surface area contributed by atoms with Gasteiger partial charge in [0.25, 0.3) is 0 Å². The van der Waals surface area contributed by atoms with Gasteiger partial charge in [-0.2, -0.15) is 5.26 Å². The van der Waals surface area contributed by atoms with Crippen LogP contribution in [0.25, 0.3) is 0 Å². The second-order valence-electron chi connectivity index (χ2n) is 5.20. The highest BCUT2D eigenvalue weighted by atomic mass is 16.5. The van der Waals surface area contributed by atoms with Gasteiger partial charge in [-0.25, -0.2) is 0 Å². The molecule has 0 aliphatic heterocycles. The lowest BCUT2D eigenvalue weighted by atomic mass is 9.89. The van der Waals surface area contributed by atoms with Crippen LogP contribution in [-0.4, -0.2) is 0 Å². The molecule has 20 heavy (non-hydrogen) atoms. The maximum Gasteiger partial charge on any atom is 0.0991 e. The fraction of sp³-hybridized carbons (Fsp3) is 0.278. The molecule has 2 aromatic rings. The van der Waals surface area contributed by atoms with Crippen molar-refractivity contribution in [1.29, 1.82) is 5.26 Å². The normalized spacial score (nSPS) is 17.2. The fourth-order valence-electron chi connectivity index (χ4n) is 2.81. The molecule has 0 saturated carbocycles. The van der Waals surface area contributed by atoms with E-state index in [0.29, 0.717) is 12.2 Å². The van der Waals surface area contributed by atoms with Crippen LogP contribution in [0.4, 0.5) is 0 Å². The summed E-state index contributed by atoms with van der Waals surface area (Å²) < 4.78 is 6.09. The first-order chi connectivity index (χ1) is 9.86. The fourth-order valence-corrected chi connectivity index (χ4v) is 2.81. The van der Waals surface area contributed by atoms with Gasteiger partial charge in [0, 0.05) is 0 Å². The Hall–Kier alpha value is -2.11. The number of ether oxygens (including phenoxy) is 1. The van der Waals surface area contributed by atoms with Crippen LogP contribution in [0.5, 0.6) is 0 Å². The average Bonchev–Trinajstić information content (AvgIpc) is 2.53. The largest absolute Gasteiger partial charge is 0.369 e. The molecule has 1 unspecified atom stereocenters. The minimum atomic E-state index is 0.186. The molecule has 0 aromatic heterocycles. The first-order valence-electron chi connectivity index (χ1n) is 7.05. The number of fused-ring (bicyclic) bond motifs is 1. The molecule has 2 heteroatoms. The lowest BCUT2D eigenvalue weighted by Gasteiger charge is -2.25. The van der Waals surface area contributed by atoms with E-state index < -0.39 is 0 Å². The third kappa shape index (κ3) is 2.74. The second kappa shape index (κ2) is 5.90. The zero-order valence-corrected chi connectivity index (χ0v) is 11.4. The molecule has 1 aliphatic rings. The van der Waals surface area contributed by atoms with E-state index in [1.807, 2.05) is 24.3 Å². The Kier molecular flexibility index (Phi) is 3.80. The van der Waals surface area contributed by atoms with E-state index in [4.69, 9.17) is 10.00 Å². The Morgan fingerprint density at radius 1 is 1.15 bits per heavy atom. The maximum atomic E-state index is 8.92. The molecular formula is C18H17NO. The van der Waals surface area contributed by atoms with E-state index in [1.165, 1.54) is 17.5 Å². The standard InChI is InChI=1S/C18H17NO/c19-12-14-5-3-6-15(11-14)13-20-18-10-4-8-16-7-1-2-9-17(16)18/h1-3,5-7,9,11,18H,4,8,10,13H2. The van der Waals surface area contributed by atoms with Crippen molar-refractivity contribution < 1.29 is 4.74 Å². The molecule has 0 saturated heterocycles. The zero-order chi connectivity index (χ0) is 13.8. The van der Waals surface area contributed by atoms with Crippen molar-refractivity contribution in [2.24, 2.45) is 0 Å². The van der Waals surface area contributed by atoms with Gasteiger partial charge >= 0.3 is 0 Å². The van der Waals surface area contributed by atoms with Crippen LogP contribution in [0, 0.1) is 11.3 Å².